The molecule has 1 aromatic heterocycles. The Balaban J connectivity index is 1.82. The van der Waals surface area contributed by atoms with Crippen LogP contribution >= 0.6 is 0 Å². The van der Waals surface area contributed by atoms with Crippen LogP contribution in [0.1, 0.15) is 24.7 Å². The van der Waals surface area contributed by atoms with Crippen molar-refractivity contribution in [3.05, 3.63) is 53.7 Å². The van der Waals surface area contributed by atoms with Crippen molar-refractivity contribution in [3.63, 3.8) is 0 Å². The van der Waals surface area contributed by atoms with Crippen molar-refractivity contribution in [2.45, 2.75) is 25.4 Å². The smallest absolute Gasteiger partial charge is 0.220 e. The maximum Gasteiger partial charge on any atom is 0.220 e. The van der Waals surface area contributed by atoms with Gasteiger partial charge in [0.15, 0.2) is 11.6 Å². The fourth-order valence-corrected chi connectivity index (χ4v) is 2.15. The average Bonchev–Trinajstić information content (AvgIpc) is 3.06. The molecule has 1 aromatic carbocycles. The Morgan fingerprint density at radius 3 is 2.83 bits per heavy atom. The van der Waals surface area contributed by atoms with Gasteiger partial charge in [-0.1, -0.05) is 6.07 Å². The van der Waals surface area contributed by atoms with E-state index >= 15 is 0 Å². The van der Waals surface area contributed by atoms with Crippen LogP contribution in [-0.4, -0.2) is 24.7 Å². The van der Waals surface area contributed by atoms with Gasteiger partial charge in [0.05, 0.1) is 19.9 Å². The number of methoxy groups -OCH3 is 1. The van der Waals surface area contributed by atoms with Crippen LogP contribution in [-0.2, 0) is 16.8 Å². The number of ether oxygens (including phenoxy) is 1. The van der Waals surface area contributed by atoms with Gasteiger partial charge in [-0.15, -0.1) is 0 Å². The highest BCUT2D eigenvalue weighted by molar-refractivity contribution is 5.76. The highest BCUT2D eigenvalue weighted by atomic mass is 19.1. The van der Waals surface area contributed by atoms with E-state index in [-0.39, 0.29) is 24.6 Å². The molecule has 0 radical (unpaired) electrons. The Bertz CT molecular complexity index is 653. The predicted octanol–water partition coefficient (Wildman–Crippen LogP) is 2.38. The van der Waals surface area contributed by atoms with Crippen molar-refractivity contribution in [2.24, 2.45) is 0 Å². The second-order valence-corrected chi connectivity index (χ2v) is 5.50. The number of amides is 1. The van der Waals surface area contributed by atoms with Crippen LogP contribution < -0.4 is 10.1 Å². The molecule has 1 atom stereocenters. The van der Waals surface area contributed by atoms with Gasteiger partial charge in [-0.25, -0.2) is 4.39 Å². The predicted molar refractivity (Wildman–Crippen MR) is 82.6 cm³/mol. The quantitative estimate of drug-likeness (QED) is 0.821. The number of rotatable bonds is 7. The molecular weight excluding hydrogens is 301 g/mol. The van der Waals surface area contributed by atoms with Gasteiger partial charge in [-0.05, 0) is 43.2 Å². The van der Waals surface area contributed by atoms with Gasteiger partial charge in [0.1, 0.15) is 11.4 Å². The number of benzene rings is 1. The zero-order chi connectivity index (χ0) is 16.9. The fourth-order valence-electron chi connectivity index (χ4n) is 2.15. The van der Waals surface area contributed by atoms with E-state index in [1.54, 1.807) is 25.1 Å². The summed E-state index contributed by atoms with van der Waals surface area (Å²) in [4.78, 5) is 11.9. The zero-order valence-corrected chi connectivity index (χ0v) is 13.1. The van der Waals surface area contributed by atoms with Crippen LogP contribution in [0.25, 0.3) is 0 Å². The standard InChI is InChI=1S/C17H20FNO4/c1-17(21,15-4-3-9-23-15)11-19-16(20)8-6-12-5-7-14(22-2)13(18)10-12/h3-5,7,9-10,21H,6,8,11H2,1-2H3,(H,19,20). The summed E-state index contributed by atoms with van der Waals surface area (Å²) in [6.07, 6.45) is 2.06. The van der Waals surface area contributed by atoms with Crippen LogP contribution in [0, 0.1) is 5.82 Å². The lowest BCUT2D eigenvalue weighted by Crippen LogP contribution is -2.38. The molecule has 0 aliphatic carbocycles. The molecule has 1 heterocycles. The van der Waals surface area contributed by atoms with Crippen LogP contribution in [0.5, 0.6) is 5.75 Å². The Kier molecular flexibility index (Phi) is 5.39. The van der Waals surface area contributed by atoms with Crippen LogP contribution in [0.2, 0.25) is 0 Å². The number of halogens is 1. The molecule has 1 amide bonds. The number of hydrogen-bond donors (Lipinski definition) is 2. The highest BCUT2D eigenvalue weighted by Gasteiger charge is 2.26. The van der Waals surface area contributed by atoms with Crippen molar-refractivity contribution < 1.29 is 23.4 Å². The summed E-state index contributed by atoms with van der Waals surface area (Å²) in [5.74, 6) is -0.123. The first kappa shape index (κ1) is 17.0. The van der Waals surface area contributed by atoms with E-state index in [2.05, 4.69) is 5.32 Å². The molecule has 0 bridgehead atoms. The summed E-state index contributed by atoms with van der Waals surface area (Å²) >= 11 is 0. The molecule has 2 aromatic rings. The van der Waals surface area contributed by atoms with Gasteiger partial charge in [0, 0.05) is 6.42 Å². The van der Waals surface area contributed by atoms with Crippen LogP contribution in [0.3, 0.4) is 0 Å². The fraction of sp³-hybridized carbons (Fsp3) is 0.353. The number of nitrogens with one attached hydrogen (secondary N) is 1. The second-order valence-electron chi connectivity index (χ2n) is 5.50. The largest absolute Gasteiger partial charge is 0.494 e. The van der Waals surface area contributed by atoms with Gasteiger partial charge in [-0.2, -0.15) is 0 Å². The first-order valence-electron chi connectivity index (χ1n) is 7.28. The highest BCUT2D eigenvalue weighted by Crippen LogP contribution is 2.20. The third kappa shape index (κ3) is 4.56. The van der Waals surface area contributed by atoms with Crippen molar-refractivity contribution in [3.8, 4) is 5.75 Å². The molecule has 1 unspecified atom stereocenters. The normalized spacial score (nSPS) is 13.4. The maximum absolute atomic E-state index is 13.6. The number of carbonyl (C=O) groups excluding carboxylic acids is 1. The second kappa shape index (κ2) is 7.28. The van der Waals surface area contributed by atoms with Gasteiger partial charge >= 0.3 is 0 Å². The number of furan rings is 1. The zero-order valence-electron chi connectivity index (χ0n) is 13.1. The van der Waals surface area contributed by atoms with E-state index in [9.17, 15) is 14.3 Å². The molecule has 23 heavy (non-hydrogen) atoms. The molecule has 5 nitrogen and oxygen atoms in total. The molecule has 124 valence electrons. The topological polar surface area (TPSA) is 71.7 Å². The SMILES string of the molecule is COc1ccc(CCC(=O)NCC(C)(O)c2ccco2)cc1F. The van der Waals surface area contributed by atoms with Gasteiger partial charge in [-0.3, -0.25) is 4.79 Å². The van der Waals surface area contributed by atoms with E-state index in [0.717, 1.165) is 0 Å². The first-order chi connectivity index (χ1) is 10.9. The minimum Gasteiger partial charge on any atom is -0.494 e. The Morgan fingerprint density at radius 1 is 1.43 bits per heavy atom. The molecular formula is C17H20FNO4. The molecule has 0 saturated heterocycles. The average molecular weight is 321 g/mol. The molecule has 2 N–H and O–H groups in total. The van der Waals surface area contributed by atoms with Crippen molar-refractivity contribution in [2.75, 3.05) is 13.7 Å². The van der Waals surface area contributed by atoms with Crippen molar-refractivity contribution in [1.29, 1.82) is 0 Å². The summed E-state index contributed by atoms with van der Waals surface area (Å²) < 4.78 is 23.6. The monoisotopic (exact) mass is 321 g/mol. The first-order valence-corrected chi connectivity index (χ1v) is 7.28. The molecule has 0 aliphatic heterocycles. The summed E-state index contributed by atoms with van der Waals surface area (Å²) in [6.45, 7) is 1.60. The number of aryl methyl sites for hydroxylation is 1. The van der Waals surface area contributed by atoms with Gasteiger partial charge in [0.2, 0.25) is 5.91 Å². The van der Waals surface area contributed by atoms with E-state index in [1.165, 1.54) is 25.5 Å². The molecule has 0 aliphatic rings. The number of carbonyl (C=O) groups is 1. The van der Waals surface area contributed by atoms with E-state index in [4.69, 9.17) is 9.15 Å². The summed E-state index contributed by atoms with van der Waals surface area (Å²) in [5.41, 5.74) is -0.568. The minimum absolute atomic E-state index is 0.0380. The molecule has 6 heteroatoms. The Morgan fingerprint density at radius 2 is 2.22 bits per heavy atom. The van der Waals surface area contributed by atoms with Crippen molar-refractivity contribution >= 4 is 5.91 Å². The van der Waals surface area contributed by atoms with Crippen LogP contribution in [0.15, 0.2) is 41.0 Å². The Labute approximate surface area is 134 Å². The molecule has 0 saturated carbocycles. The Hall–Kier alpha value is -2.34. The number of aliphatic hydroxyl groups is 1. The van der Waals surface area contributed by atoms with Gasteiger partial charge < -0.3 is 19.6 Å². The summed E-state index contributed by atoms with van der Waals surface area (Å²) in [5, 5.41) is 12.9. The van der Waals surface area contributed by atoms with E-state index in [0.29, 0.717) is 17.7 Å². The third-order valence-electron chi connectivity index (χ3n) is 3.54. The molecule has 0 fully saturated rings. The minimum atomic E-state index is -1.27. The molecule has 2 rings (SSSR count). The van der Waals surface area contributed by atoms with Crippen molar-refractivity contribution in [1.82, 2.24) is 5.32 Å². The van der Waals surface area contributed by atoms with Gasteiger partial charge in [0.25, 0.3) is 0 Å². The maximum atomic E-state index is 13.6. The number of hydrogen-bond acceptors (Lipinski definition) is 4. The summed E-state index contributed by atoms with van der Waals surface area (Å²) in [6, 6.07) is 7.92. The lowest BCUT2D eigenvalue weighted by atomic mass is 10.0. The third-order valence-corrected chi connectivity index (χ3v) is 3.54. The van der Waals surface area contributed by atoms with E-state index < -0.39 is 11.4 Å². The van der Waals surface area contributed by atoms with E-state index in [1.807, 2.05) is 0 Å². The lowest BCUT2D eigenvalue weighted by Gasteiger charge is -2.21. The van der Waals surface area contributed by atoms with Crippen LogP contribution in [0.4, 0.5) is 4.39 Å². The lowest BCUT2D eigenvalue weighted by molar-refractivity contribution is -0.122. The summed E-state index contributed by atoms with van der Waals surface area (Å²) in [7, 11) is 1.40. The molecule has 0 spiro atoms.